The molecule has 0 aliphatic carbocycles. The van der Waals surface area contributed by atoms with E-state index in [9.17, 15) is 31.2 Å². The van der Waals surface area contributed by atoms with Crippen LogP contribution < -0.4 is 15.8 Å². The molecule has 1 amide bonds. The number of halogens is 4. The number of ether oxygens (including phenoxy) is 1. The molecule has 220 valence electrons. The first-order valence-corrected chi connectivity index (χ1v) is 13.8. The molecule has 0 atom stereocenters. The minimum Gasteiger partial charge on any atom is -0.410 e. The highest BCUT2D eigenvalue weighted by atomic mass is 35.5. The maximum Gasteiger partial charge on any atom is 0.437 e. The van der Waals surface area contributed by atoms with Gasteiger partial charge in [0.1, 0.15) is 5.75 Å². The van der Waals surface area contributed by atoms with Crippen LogP contribution in [0.5, 0.6) is 5.75 Å². The Morgan fingerprint density at radius 2 is 1.77 bits per heavy atom. The maximum absolute atomic E-state index is 12.8. The van der Waals surface area contributed by atoms with Crippen molar-refractivity contribution in [1.29, 1.82) is 0 Å². The molecule has 0 fully saturated rings. The van der Waals surface area contributed by atoms with Crippen molar-refractivity contribution in [2.45, 2.75) is 19.1 Å². The number of quaternary nitrogens is 1. The number of nitrogens with zero attached hydrogens (tertiary/aromatic N) is 3. The minimum atomic E-state index is -4.49. The number of amides is 1. The van der Waals surface area contributed by atoms with E-state index in [2.05, 4.69) is 10.4 Å². The Bertz CT molecular complexity index is 1460. The van der Waals surface area contributed by atoms with Crippen LogP contribution in [0.1, 0.15) is 17.5 Å². The predicted octanol–water partition coefficient (Wildman–Crippen LogP) is 3.91. The van der Waals surface area contributed by atoms with Crippen LogP contribution in [0, 0.1) is 0 Å². The van der Waals surface area contributed by atoms with Gasteiger partial charge in [-0.15, -0.1) is 5.10 Å². The Labute approximate surface area is 233 Å². The van der Waals surface area contributed by atoms with E-state index in [1.165, 1.54) is 18.2 Å². The quantitative estimate of drug-likeness (QED) is 0.222. The van der Waals surface area contributed by atoms with Crippen LogP contribution in [-0.4, -0.2) is 73.8 Å². The zero-order chi connectivity index (χ0) is 30.3. The van der Waals surface area contributed by atoms with Gasteiger partial charge in [-0.2, -0.15) is 26.3 Å². The minimum absolute atomic E-state index is 0.145. The molecule has 0 saturated heterocycles. The molecule has 0 unspecified atom stereocenters. The summed E-state index contributed by atoms with van der Waals surface area (Å²) in [5, 5.41) is 7.07. The van der Waals surface area contributed by atoms with Crippen LogP contribution >= 0.6 is 11.6 Å². The van der Waals surface area contributed by atoms with E-state index in [1.807, 2.05) is 21.1 Å². The molecular weight excluding hydrogens is 581 g/mol. The fraction of sp³-hybridized carbons (Fsp3) is 0.375. The van der Waals surface area contributed by atoms with Gasteiger partial charge < -0.3 is 19.0 Å². The number of hydrogen-bond acceptors (Lipinski definition) is 7. The van der Waals surface area contributed by atoms with Crippen molar-refractivity contribution < 1.29 is 44.6 Å². The Kier molecular flexibility index (Phi) is 10.9. The highest BCUT2D eigenvalue weighted by Crippen LogP contribution is 2.30. The molecule has 1 heterocycles. The van der Waals surface area contributed by atoms with Crippen molar-refractivity contribution in [3.8, 4) is 17.2 Å². The molecule has 0 saturated carbocycles. The van der Waals surface area contributed by atoms with Crippen molar-refractivity contribution in [3.63, 3.8) is 0 Å². The zero-order valence-electron chi connectivity index (χ0n) is 22.0. The van der Waals surface area contributed by atoms with Gasteiger partial charge in [0.05, 0.1) is 46.1 Å². The fourth-order valence-electron chi connectivity index (χ4n) is 3.14. The molecule has 40 heavy (non-hydrogen) atoms. The van der Waals surface area contributed by atoms with E-state index in [4.69, 9.17) is 25.3 Å². The van der Waals surface area contributed by atoms with Crippen molar-refractivity contribution in [1.82, 2.24) is 15.1 Å². The molecule has 3 rings (SSSR count). The number of nitrogens with one attached hydrogen (secondary N) is 1. The third-order valence-electron chi connectivity index (χ3n) is 4.89. The molecule has 0 spiro atoms. The van der Waals surface area contributed by atoms with Gasteiger partial charge in [0.25, 0.3) is 10.1 Å². The van der Waals surface area contributed by atoms with Gasteiger partial charge in [-0.1, -0.05) is 11.6 Å². The average Bonchev–Trinajstić information content (AvgIpc) is 3.16. The number of hydrogen-bond donors (Lipinski definition) is 2. The topological polar surface area (TPSA) is 141 Å². The van der Waals surface area contributed by atoms with E-state index in [0.29, 0.717) is 23.4 Å². The molecule has 16 heteroatoms. The number of rotatable bonds is 8. The summed E-state index contributed by atoms with van der Waals surface area (Å²) in [6.07, 6.45) is -3.67. The molecule has 2 N–H and O–H groups in total. The molecule has 2 aromatic carbocycles. The lowest BCUT2D eigenvalue weighted by Crippen LogP contribution is -2.38. The van der Waals surface area contributed by atoms with Crippen LogP contribution in [0.25, 0.3) is 11.5 Å². The molecular formula is C24H29ClF3N4O7S+. The lowest BCUT2D eigenvalue weighted by molar-refractivity contribution is -0.870. The smallest absolute Gasteiger partial charge is 0.410 e. The molecule has 3 aromatic rings. The highest BCUT2D eigenvalue weighted by molar-refractivity contribution is 7.85. The lowest BCUT2D eigenvalue weighted by atomic mass is 10.1. The van der Waals surface area contributed by atoms with Crippen LogP contribution in [0.4, 0.5) is 18.0 Å². The first kappa shape index (κ1) is 32.8. The Hall–Kier alpha value is -3.40. The first-order valence-electron chi connectivity index (χ1n) is 11.5. The van der Waals surface area contributed by atoms with Gasteiger partial charge in [-0.05, 0) is 42.5 Å². The Morgan fingerprint density at radius 3 is 2.33 bits per heavy atom. The van der Waals surface area contributed by atoms with E-state index >= 15 is 0 Å². The summed E-state index contributed by atoms with van der Waals surface area (Å²) in [6, 6.07) is 8.60. The molecule has 11 nitrogen and oxygen atoms in total. The molecule has 0 aliphatic heterocycles. The van der Waals surface area contributed by atoms with Gasteiger partial charge in [0.2, 0.25) is 5.89 Å². The molecule has 0 aliphatic rings. The second kappa shape index (κ2) is 13.3. The fourth-order valence-corrected chi connectivity index (χ4v) is 3.33. The van der Waals surface area contributed by atoms with Gasteiger partial charge >= 0.3 is 18.0 Å². The van der Waals surface area contributed by atoms with E-state index in [-0.39, 0.29) is 23.7 Å². The molecule has 0 radical (unpaired) electrons. The second-order valence-electron chi connectivity index (χ2n) is 9.57. The largest absolute Gasteiger partial charge is 0.437 e. The van der Waals surface area contributed by atoms with Crippen molar-refractivity contribution in [2.24, 2.45) is 0 Å². The number of aromatic nitrogens is 2. The predicted molar refractivity (Wildman–Crippen MR) is 141 cm³/mol. The third kappa shape index (κ3) is 11.8. The van der Waals surface area contributed by atoms with Crippen LogP contribution in [-0.2, 0) is 22.8 Å². The average molecular weight is 610 g/mol. The summed E-state index contributed by atoms with van der Waals surface area (Å²) in [4.78, 5) is 24.5. The van der Waals surface area contributed by atoms with Crippen LogP contribution in [0.2, 0.25) is 5.02 Å². The summed E-state index contributed by atoms with van der Waals surface area (Å²) in [6.45, 7) is 1.15. The normalized spacial score (nSPS) is 11.9. The van der Waals surface area contributed by atoms with E-state index < -0.39 is 33.7 Å². The second-order valence-corrected chi connectivity index (χ2v) is 11.5. The van der Waals surface area contributed by atoms with Crippen LogP contribution in [0.3, 0.4) is 0 Å². The van der Waals surface area contributed by atoms with Gasteiger partial charge in [0.15, 0.2) is 0 Å². The summed E-state index contributed by atoms with van der Waals surface area (Å²) >= 11 is 6.08. The van der Waals surface area contributed by atoms with Crippen molar-refractivity contribution >= 4 is 27.8 Å². The number of benzene rings is 2. The summed E-state index contributed by atoms with van der Waals surface area (Å²) in [5.74, 6) is -0.816. The van der Waals surface area contributed by atoms with E-state index in [0.717, 1.165) is 46.4 Å². The number of carbonyl (C=O) groups excluding carboxylic acids is 1. The van der Waals surface area contributed by atoms with Gasteiger partial charge in [-0.3, -0.25) is 4.55 Å². The van der Waals surface area contributed by atoms with Crippen molar-refractivity contribution in [3.05, 3.63) is 69.2 Å². The first-order chi connectivity index (χ1) is 18.3. The number of alkyl halides is 3. The Balaban J connectivity index is 0.00000103. The van der Waals surface area contributed by atoms with Crippen LogP contribution in [0.15, 0.2) is 51.7 Å². The zero-order valence-corrected chi connectivity index (χ0v) is 23.6. The standard InChI is InChI=1S/C23H24ClF3N4O4.CH4O3S/c1-31(2,3)12-4-11-28-21(32)34-19-10-9-18(24)13-16(19)14-30-22(33)35-20(29-30)15-5-7-17(8-6-15)23(25,26)27;1-5(2,3)4/h5-10,13H,4,11-12,14H2,1-3H3;1H3,(H,2,3,4)/p+1. The van der Waals surface area contributed by atoms with Gasteiger partial charge in [0, 0.05) is 29.1 Å². The SMILES string of the molecule is CS(=O)(=O)O.C[N+](C)(C)CCCNC(=O)Oc1ccc(Cl)cc1Cn1nc(-c2ccc(C(F)(F)F)cc2)oc1=O. The highest BCUT2D eigenvalue weighted by Gasteiger charge is 2.30. The summed E-state index contributed by atoms with van der Waals surface area (Å²) in [7, 11) is 2.48. The monoisotopic (exact) mass is 609 g/mol. The maximum atomic E-state index is 12.8. The number of carbonyl (C=O) groups is 1. The van der Waals surface area contributed by atoms with E-state index in [1.54, 1.807) is 0 Å². The van der Waals surface area contributed by atoms with Gasteiger partial charge in [-0.25, -0.2) is 9.59 Å². The molecule has 1 aromatic heterocycles. The Morgan fingerprint density at radius 1 is 1.18 bits per heavy atom. The summed E-state index contributed by atoms with van der Waals surface area (Å²) < 4.78 is 76.4. The summed E-state index contributed by atoms with van der Waals surface area (Å²) in [5.41, 5.74) is -0.252. The third-order valence-corrected chi connectivity index (χ3v) is 5.12. The molecule has 0 bridgehead atoms. The van der Waals surface area contributed by atoms with Crippen molar-refractivity contribution in [2.75, 3.05) is 40.5 Å². The lowest BCUT2D eigenvalue weighted by Gasteiger charge is -2.23.